The van der Waals surface area contributed by atoms with Crippen molar-refractivity contribution in [3.05, 3.63) is 23.3 Å². The van der Waals surface area contributed by atoms with Crippen molar-refractivity contribution in [2.45, 2.75) is 69.1 Å². The molecule has 6 heteroatoms. The first-order chi connectivity index (χ1) is 13.5. The monoisotopic (exact) mass is 423 g/mol. The van der Waals surface area contributed by atoms with Gasteiger partial charge in [-0.25, -0.2) is 0 Å². The van der Waals surface area contributed by atoms with E-state index in [1.807, 2.05) is 6.07 Å². The maximum Gasteiger partial charge on any atom is 0.165 e. The lowest BCUT2D eigenvalue weighted by Crippen LogP contribution is -2.70. The summed E-state index contributed by atoms with van der Waals surface area (Å²) in [6, 6.07) is 4.65. The fourth-order valence-electron chi connectivity index (χ4n) is 7.05. The van der Waals surface area contributed by atoms with E-state index in [1.54, 1.807) is 7.11 Å². The number of likely N-dealkylation sites (N-methyl/N-ethyl adjacent to an activating group) is 1. The zero-order valence-electron chi connectivity index (χ0n) is 17.7. The van der Waals surface area contributed by atoms with Crippen molar-refractivity contribution in [3.8, 4) is 11.5 Å². The van der Waals surface area contributed by atoms with Crippen molar-refractivity contribution in [1.29, 1.82) is 0 Å². The fourth-order valence-corrected chi connectivity index (χ4v) is 7.05. The molecule has 1 aromatic carbocycles. The smallest absolute Gasteiger partial charge is 0.165 e. The van der Waals surface area contributed by atoms with Gasteiger partial charge in [0.15, 0.2) is 11.5 Å². The second-order valence-corrected chi connectivity index (χ2v) is 9.59. The highest BCUT2D eigenvalue weighted by atomic mass is 35.5. The van der Waals surface area contributed by atoms with Crippen LogP contribution in [-0.2, 0) is 11.8 Å². The van der Waals surface area contributed by atoms with Gasteiger partial charge in [0.1, 0.15) is 6.10 Å². The van der Waals surface area contributed by atoms with E-state index in [4.69, 9.17) is 9.47 Å². The Morgan fingerprint density at radius 1 is 1.34 bits per heavy atom. The number of nitrogens with zero attached hydrogens (tertiary/aromatic N) is 1. The van der Waals surface area contributed by atoms with Gasteiger partial charge in [0, 0.05) is 22.4 Å². The predicted octanol–water partition coefficient (Wildman–Crippen LogP) is 2.93. The number of ether oxygens (including phenoxy) is 2. The molecule has 0 radical (unpaired) electrons. The third kappa shape index (κ3) is 2.57. The number of rotatable bonds is 5. The lowest BCUT2D eigenvalue weighted by atomic mass is 9.46. The van der Waals surface area contributed by atoms with Crippen LogP contribution in [0.5, 0.6) is 11.5 Å². The summed E-state index contributed by atoms with van der Waals surface area (Å²) in [5.74, 6) is 2.01. The van der Waals surface area contributed by atoms with Gasteiger partial charge in [-0.3, -0.25) is 0 Å². The van der Waals surface area contributed by atoms with Crippen LogP contribution >= 0.6 is 12.4 Å². The minimum atomic E-state index is -0.660. The number of benzene rings is 1. The van der Waals surface area contributed by atoms with Crippen LogP contribution in [0.15, 0.2) is 12.1 Å². The summed E-state index contributed by atoms with van der Waals surface area (Å²) in [6.07, 6.45) is 4.86. The molecule has 162 valence electrons. The molecule has 2 aliphatic carbocycles. The second kappa shape index (κ2) is 7.30. The van der Waals surface area contributed by atoms with Crippen LogP contribution in [0.3, 0.4) is 0 Å². The van der Waals surface area contributed by atoms with Crippen molar-refractivity contribution < 1.29 is 19.7 Å². The number of unbranched alkanes of at least 4 members (excludes halogenated alkanes) is 1. The maximum absolute atomic E-state index is 11.6. The van der Waals surface area contributed by atoms with Crippen LogP contribution in [0.25, 0.3) is 0 Å². The molecule has 0 amide bonds. The van der Waals surface area contributed by atoms with E-state index in [1.165, 1.54) is 11.1 Å². The van der Waals surface area contributed by atoms with Gasteiger partial charge in [0.05, 0.1) is 19.8 Å². The highest BCUT2D eigenvalue weighted by Gasteiger charge is 2.69. The lowest BCUT2D eigenvalue weighted by molar-refractivity contribution is -0.179. The Bertz CT molecular complexity index is 788. The van der Waals surface area contributed by atoms with Gasteiger partial charge in [-0.2, -0.15) is 0 Å². The zero-order valence-corrected chi connectivity index (χ0v) is 18.5. The Balaban J connectivity index is 0.00000205. The molecule has 2 bridgehead atoms. The fraction of sp³-hybridized carbons (Fsp3) is 0.739. The van der Waals surface area contributed by atoms with Crippen LogP contribution in [0.4, 0.5) is 0 Å². The molecular formula is C23H34ClNO4. The van der Waals surface area contributed by atoms with Crippen LogP contribution in [0, 0.1) is 11.3 Å². The van der Waals surface area contributed by atoms with Crippen LogP contribution in [-0.4, -0.2) is 60.7 Å². The van der Waals surface area contributed by atoms with Crippen molar-refractivity contribution >= 4 is 12.4 Å². The van der Waals surface area contributed by atoms with Crippen LogP contribution in [0.1, 0.15) is 50.2 Å². The van der Waals surface area contributed by atoms with Gasteiger partial charge in [0.25, 0.3) is 0 Å². The molecule has 1 saturated carbocycles. The predicted molar refractivity (Wildman–Crippen MR) is 114 cm³/mol. The van der Waals surface area contributed by atoms with Gasteiger partial charge >= 0.3 is 0 Å². The van der Waals surface area contributed by atoms with Gasteiger partial charge in [-0.05, 0) is 56.8 Å². The molecule has 6 atom stereocenters. The first-order valence-corrected chi connectivity index (χ1v) is 10.9. The Kier molecular flexibility index (Phi) is 5.34. The minimum Gasteiger partial charge on any atom is -0.493 e. The average molecular weight is 424 g/mol. The maximum atomic E-state index is 11.6. The van der Waals surface area contributed by atoms with Gasteiger partial charge < -0.3 is 24.6 Å². The Labute approximate surface area is 179 Å². The number of hydrogen-bond acceptors (Lipinski definition) is 5. The largest absolute Gasteiger partial charge is 0.493 e. The number of hydrogen-bond donors (Lipinski definition) is 2. The van der Waals surface area contributed by atoms with Crippen molar-refractivity contribution in [2.24, 2.45) is 11.3 Å². The highest BCUT2D eigenvalue weighted by Crippen LogP contribution is 2.66. The van der Waals surface area contributed by atoms with Crippen LogP contribution < -0.4 is 9.47 Å². The Morgan fingerprint density at radius 2 is 2.14 bits per heavy atom. The number of halogens is 1. The Hall–Kier alpha value is -1.01. The number of methoxy groups -OCH3 is 1. The number of likely N-dealkylation sites (tertiary alicyclic amines) is 1. The molecule has 4 aliphatic rings. The SMILES string of the molecule is CCCC[C@]1(CO)CC2C3Cc4ccc(OC)c5c4C2(CCN3C)C(O5)[C@@H]1O.Cl. The van der Waals surface area contributed by atoms with E-state index >= 15 is 0 Å². The molecule has 2 fully saturated rings. The molecule has 4 unspecified atom stereocenters. The molecule has 5 nitrogen and oxygen atoms in total. The molecule has 2 heterocycles. The van der Waals surface area contributed by atoms with Crippen molar-refractivity contribution in [1.82, 2.24) is 4.90 Å². The summed E-state index contributed by atoms with van der Waals surface area (Å²) < 4.78 is 12.2. The van der Waals surface area contributed by atoms with Crippen molar-refractivity contribution in [2.75, 3.05) is 27.3 Å². The summed E-state index contributed by atoms with van der Waals surface area (Å²) in [4.78, 5) is 2.50. The quantitative estimate of drug-likeness (QED) is 0.762. The van der Waals surface area contributed by atoms with E-state index in [2.05, 4.69) is 24.9 Å². The number of piperidine rings is 1. The summed E-state index contributed by atoms with van der Waals surface area (Å²) in [5.41, 5.74) is 2.02. The first kappa shape index (κ1) is 21.2. The standard InChI is InChI=1S/C23H33NO4.ClH/c1-4-5-8-22(13-25)12-15-16-11-14-6-7-17(27-3)19-18(14)23(15,9-10-24(16)2)21(28-19)20(22)26;/h6-7,15-16,20-21,25-26H,4-5,8-13H2,1-3H3;1H/t15?,16?,20-,21?,22+,23?;/m0./s1. The molecule has 1 saturated heterocycles. The zero-order chi connectivity index (χ0) is 19.7. The third-order valence-electron chi connectivity index (χ3n) is 8.53. The van der Waals surface area contributed by atoms with Crippen LogP contribution in [0.2, 0.25) is 0 Å². The summed E-state index contributed by atoms with van der Waals surface area (Å²) in [5, 5.41) is 22.1. The lowest BCUT2D eigenvalue weighted by Gasteiger charge is -2.62. The number of aliphatic hydroxyl groups excluding tert-OH is 2. The van der Waals surface area contributed by atoms with Gasteiger partial charge in [-0.15, -0.1) is 12.4 Å². The van der Waals surface area contributed by atoms with E-state index < -0.39 is 11.5 Å². The molecule has 0 aromatic heterocycles. The summed E-state index contributed by atoms with van der Waals surface area (Å²) in [7, 11) is 3.92. The normalized spacial score (nSPS) is 39.3. The van der Waals surface area contributed by atoms with Gasteiger partial charge in [0.2, 0.25) is 0 Å². The second-order valence-electron chi connectivity index (χ2n) is 9.59. The molecular weight excluding hydrogens is 390 g/mol. The highest BCUT2D eigenvalue weighted by molar-refractivity contribution is 5.85. The molecule has 2 N–H and O–H groups in total. The van der Waals surface area contributed by atoms with Crippen molar-refractivity contribution in [3.63, 3.8) is 0 Å². The van der Waals surface area contributed by atoms with E-state index in [0.717, 1.165) is 56.6 Å². The third-order valence-corrected chi connectivity index (χ3v) is 8.53. The summed E-state index contributed by atoms with van der Waals surface area (Å²) >= 11 is 0. The average Bonchev–Trinajstić information content (AvgIpc) is 3.06. The molecule has 29 heavy (non-hydrogen) atoms. The molecule has 5 rings (SSSR count). The molecule has 2 aliphatic heterocycles. The van der Waals surface area contributed by atoms with Gasteiger partial charge in [-0.1, -0.05) is 25.8 Å². The first-order valence-electron chi connectivity index (χ1n) is 10.9. The van der Waals surface area contributed by atoms with E-state index in [0.29, 0.717) is 12.0 Å². The summed E-state index contributed by atoms with van der Waals surface area (Å²) in [6.45, 7) is 3.21. The van der Waals surface area contributed by atoms with E-state index in [-0.39, 0.29) is 30.5 Å². The van der Waals surface area contributed by atoms with E-state index in [9.17, 15) is 10.2 Å². The number of aliphatic hydroxyl groups is 2. The molecule has 1 aromatic rings. The molecule has 1 spiro atoms. The topological polar surface area (TPSA) is 62.2 Å². The Morgan fingerprint density at radius 3 is 2.83 bits per heavy atom. The minimum absolute atomic E-state index is 0.